The highest BCUT2D eigenvalue weighted by Crippen LogP contribution is 2.30. The Kier molecular flexibility index (Phi) is 3.98. The van der Waals surface area contributed by atoms with Crippen LogP contribution in [-0.2, 0) is 14.8 Å². The first kappa shape index (κ1) is 16.7. The van der Waals surface area contributed by atoms with E-state index in [0.29, 0.717) is 4.31 Å². The number of rotatable bonds is 2. The molecule has 10 heteroatoms. The molecule has 1 atom stereocenters. The average Bonchev–Trinajstić information content (AvgIpc) is 2.90. The molecule has 0 saturated heterocycles. The zero-order valence-corrected chi connectivity index (χ0v) is 14.2. The fourth-order valence-corrected chi connectivity index (χ4v) is 4.52. The SMILES string of the molecule is Cc1cnc(NC(=O)C2C(=O)c3cc([18F])ccc3S(=O)(=O)N2C)s1. The van der Waals surface area contributed by atoms with Gasteiger partial charge in [0, 0.05) is 23.7 Å². The maximum absolute atomic E-state index is 13.4. The first-order valence-corrected chi connectivity index (χ1v) is 9.02. The normalized spacial score (nSPS) is 19.8. The van der Waals surface area contributed by atoms with Gasteiger partial charge in [-0.2, -0.15) is 4.31 Å². The average molecular weight is 368 g/mol. The third-order valence-electron chi connectivity index (χ3n) is 3.58. The number of Topliss-reactive ketones (excluding diaryl/α,β-unsaturated/α-hetero) is 1. The quantitative estimate of drug-likeness (QED) is 0.809. The van der Waals surface area contributed by atoms with Crippen molar-refractivity contribution >= 4 is 38.2 Å². The molecular weight excluding hydrogens is 356 g/mol. The van der Waals surface area contributed by atoms with E-state index in [4.69, 9.17) is 0 Å². The van der Waals surface area contributed by atoms with E-state index in [1.807, 2.05) is 0 Å². The molecule has 0 aliphatic carbocycles. The highest BCUT2D eigenvalue weighted by molar-refractivity contribution is 7.89. The van der Waals surface area contributed by atoms with E-state index < -0.39 is 33.6 Å². The molecule has 7 nitrogen and oxygen atoms in total. The number of sulfonamides is 1. The molecule has 3 rings (SSSR count). The maximum Gasteiger partial charge on any atom is 0.252 e. The number of carbonyl (C=O) groups is 2. The van der Waals surface area contributed by atoms with Gasteiger partial charge in [-0.1, -0.05) is 0 Å². The topological polar surface area (TPSA) is 96.4 Å². The Morgan fingerprint density at radius 1 is 1.42 bits per heavy atom. The van der Waals surface area contributed by atoms with Gasteiger partial charge in [0.1, 0.15) is 5.82 Å². The van der Waals surface area contributed by atoms with Crippen LogP contribution in [0.5, 0.6) is 0 Å². The number of hydrogen-bond acceptors (Lipinski definition) is 6. The number of benzene rings is 1. The highest BCUT2D eigenvalue weighted by atomic mass is 32.2. The maximum atomic E-state index is 13.4. The molecule has 1 N–H and O–H groups in total. The van der Waals surface area contributed by atoms with Crippen LogP contribution in [0.15, 0.2) is 29.3 Å². The summed E-state index contributed by atoms with van der Waals surface area (Å²) in [7, 11) is -2.95. The second-order valence-corrected chi connectivity index (χ2v) is 8.39. The van der Waals surface area contributed by atoms with Crippen molar-refractivity contribution < 1.29 is 22.4 Å². The van der Waals surface area contributed by atoms with E-state index in [-0.39, 0.29) is 15.6 Å². The van der Waals surface area contributed by atoms with Crippen LogP contribution in [0.2, 0.25) is 0 Å². The third kappa shape index (κ3) is 2.62. The molecule has 2 aromatic rings. The number of aryl methyl sites for hydroxylation is 1. The lowest BCUT2D eigenvalue weighted by atomic mass is 10.0. The second kappa shape index (κ2) is 5.72. The number of nitrogens with zero attached hydrogens (tertiary/aromatic N) is 2. The summed E-state index contributed by atoms with van der Waals surface area (Å²) in [6.45, 7) is 1.79. The van der Waals surface area contributed by atoms with Crippen molar-refractivity contribution in [3.8, 4) is 0 Å². The minimum atomic E-state index is -4.08. The molecular formula is C14H12FN3O4S2. The number of thiazole rings is 1. The standard InChI is InChI=1S/C14H12FN3O4S2/c1-7-6-16-14(23-7)17-13(20)11-12(19)9-5-8(15)3-4-10(9)24(21,22)18(11)2/h3-6,11H,1-2H3,(H,16,17,20)/i15-1. The third-order valence-corrected chi connectivity index (χ3v) is 6.28. The Hall–Kier alpha value is -2.17. The molecule has 1 aliphatic rings. The van der Waals surface area contributed by atoms with Crippen LogP contribution in [0.25, 0.3) is 0 Å². The predicted molar refractivity (Wildman–Crippen MR) is 84.9 cm³/mol. The van der Waals surface area contributed by atoms with Gasteiger partial charge in [-0.05, 0) is 25.1 Å². The summed E-state index contributed by atoms with van der Waals surface area (Å²) in [5, 5.41) is 2.68. The number of anilines is 1. The summed E-state index contributed by atoms with van der Waals surface area (Å²) in [5.74, 6) is -2.38. The van der Waals surface area contributed by atoms with Gasteiger partial charge >= 0.3 is 0 Å². The van der Waals surface area contributed by atoms with Crippen LogP contribution in [0.1, 0.15) is 15.2 Å². The minimum absolute atomic E-state index is 0.251. The van der Waals surface area contributed by atoms with E-state index in [2.05, 4.69) is 10.3 Å². The predicted octanol–water partition coefficient (Wildman–Crippen LogP) is 1.41. The van der Waals surface area contributed by atoms with Crippen molar-refractivity contribution in [2.24, 2.45) is 0 Å². The molecule has 0 radical (unpaired) electrons. The van der Waals surface area contributed by atoms with E-state index in [1.165, 1.54) is 17.5 Å². The summed E-state index contributed by atoms with van der Waals surface area (Å²) >= 11 is 1.19. The number of likely N-dealkylation sites (N-methyl/N-ethyl adjacent to an activating group) is 1. The van der Waals surface area contributed by atoms with Crippen molar-refractivity contribution in [2.75, 3.05) is 12.4 Å². The van der Waals surface area contributed by atoms with Crippen molar-refractivity contribution in [1.82, 2.24) is 9.29 Å². The largest absolute Gasteiger partial charge is 0.300 e. The van der Waals surface area contributed by atoms with Crippen LogP contribution >= 0.6 is 11.3 Å². The summed E-state index contributed by atoms with van der Waals surface area (Å²) in [6.07, 6.45) is 1.54. The summed E-state index contributed by atoms with van der Waals surface area (Å²) in [5.41, 5.74) is -0.330. The Bertz CT molecular complexity index is 955. The van der Waals surface area contributed by atoms with E-state index in [0.717, 1.165) is 30.1 Å². The van der Waals surface area contributed by atoms with Gasteiger partial charge in [0.2, 0.25) is 10.0 Å². The van der Waals surface area contributed by atoms with E-state index in [9.17, 15) is 22.4 Å². The number of carbonyl (C=O) groups excluding carboxylic acids is 2. The van der Waals surface area contributed by atoms with Crippen LogP contribution in [0.3, 0.4) is 0 Å². The Morgan fingerprint density at radius 2 is 2.12 bits per heavy atom. The van der Waals surface area contributed by atoms with Gasteiger partial charge in [0.05, 0.1) is 4.90 Å². The van der Waals surface area contributed by atoms with E-state index in [1.54, 1.807) is 6.92 Å². The van der Waals surface area contributed by atoms with Crippen molar-refractivity contribution in [2.45, 2.75) is 17.9 Å². The van der Waals surface area contributed by atoms with Gasteiger partial charge in [0.25, 0.3) is 5.91 Å². The molecule has 126 valence electrons. The first-order valence-electron chi connectivity index (χ1n) is 6.77. The first-order chi connectivity index (χ1) is 11.2. The van der Waals surface area contributed by atoms with Crippen molar-refractivity contribution in [3.63, 3.8) is 0 Å². The number of halogens is 1. The molecule has 1 aliphatic heterocycles. The molecule has 0 saturated carbocycles. The molecule has 2 heterocycles. The molecule has 1 unspecified atom stereocenters. The van der Waals surface area contributed by atoms with Crippen molar-refractivity contribution in [1.29, 1.82) is 0 Å². The molecule has 1 aromatic heterocycles. The molecule has 24 heavy (non-hydrogen) atoms. The van der Waals surface area contributed by atoms with Gasteiger partial charge in [0.15, 0.2) is 17.0 Å². The molecule has 0 fully saturated rings. The fraction of sp³-hybridized carbons (Fsp3) is 0.214. The van der Waals surface area contributed by atoms with Gasteiger partial charge in [-0.3, -0.25) is 9.59 Å². The van der Waals surface area contributed by atoms with Crippen LogP contribution in [-0.4, -0.2) is 42.5 Å². The summed E-state index contributed by atoms with van der Waals surface area (Å²) in [4.78, 5) is 29.4. The number of hydrogen-bond donors (Lipinski definition) is 1. The van der Waals surface area contributed by atoms with Gasteiger partial charge in [-0.25, -0.2) is 17.8 Å². The number of aromatic nitrogens is 1. The van der Waals surface area contributed by atoms with E-state index >= 15 is 0 Å². The summed E-state index contributed by atoms with van der Waals surface area (Å²) in [6, 6.07) is 1.19. The lowest BCUT2D eigenvalue weighted by molar-refractivity contribution is -0.118. The molecule has 1 aromatic carbocycles. The zero-order valence-electron chi connectivity index (χ0n) is 12.6. The Morgan fingerprint density at radius 3 is 2.75 bits per heavy atom. The Labute approximate surface area is 141 Å². The minimum Gasteiger partial charge on any atom is -0.300 e. The number of nitrogens with one attached hydrogen (secondary N) is 1. The van der Waals surface area contributed by atoms with Crippen molar-refractivity contribution in [3.05, 3.63) is 40.7 Å². The van der Waals surface area contributed by atoms with Crippen LogP contribution < -0.4 is 5.32 Å². The number of fused-ring (bicyclic) bond motifs is 1. The molecule has 0 bridgehead atoms. The summed E-state index contributed by atoms with van der Waals surface area (Å²) < 4.78 is 39.1. The molecule has 1 amide bonds. The number of amides is 1. The smallest absolute Gasteiger partial charge is 0.252 e. The number of ketones is 1. The lowest BCUT2D eigenvalue weighted by Gasteiger charge is -2.30. The van der Waals surface area contributed by atoms with Crippen LogP contribution in [0, 0.1) is 12.7 Å². The second-order valence-electron chi connectivity index (χ2n) is 5.19. The highest BCUT2D eigenvalue weighted by Gasteiger charge is 2.45. The van der Waals surface area contributed by atoms with Gasteiger partial charge < -0.3 is 5.32 Å². The monoisotopic (exact) mass is 368 g/mol. The van der Waals surface area contributed by atoms with Gasteiger partial charge in [-0.15, -0.1) is 11.3 Å². The molecule has 0 spiro atoms. The lowest BCUT2D eigenvalue weighted by Crippen LogP contribution is -2.53. The Balaban J connectivity index is 2.03. The van der Waals surface area contributed by atoms with Crippen LogP contribution in [0.4, 0.5) is 9.52 Å². The fourth-order valence-electron chi connectivity index (χ4n) is 2.40. The zero-order chi connectivity index (χ0) is 17.6.